The quantitative estimate of drug-likeness (QED) is 0.625. The molecule has 0 aliphatic heterocycles. The maximum Gasteiger partial charge on any atom is 0.0462 e. The third kappa shape index (κ3) is 2.30. The van der Waals surface area contributed by atoms with Crippen molar-refractivity contribution >= 4 is 0 Å². The molecular formula is C9H18O. The van der Waals surface area contributed by atoms with Crippen molar-refractivity contribution in [3.8, 4) is 0 Å². The van der Waals surface area contributed by atoms with Gasteiger partial charge >= 0.3 is 0 Å². The van der Waals surface area contributed by atoms with E-state index in [1.165, 1.54) is 12.8 Å². The van der Waals surface area contributed by atoms with Crippen LogP contribution in [0.5, 0.6) is 0 Å². The molecule has 0 aromatic rings. The van der Waals surface area contributed by atoms with Crippen LogP contribution in [0.25, 0.3) is 0 Å². The van der Waals surface area contributed by atoms with Gasteiger partial charge in [0, 0.05) is 6.61 Å². The molecule has 2 atom stereocenters. The van der Waals surface area contributed by atoms with Gasteiger partial charge in [0.15, 0.2) is 0 Å². The summed E-state index contributed by atoms with van der Waals surface area (Å²) in [5.74, 6) is 1.46. The lowest BCUT2D eigenvalue weighted by Gasteiger charge is -2.17. The molecule has 2 unspecified atom stereocenters. The Morgan fingerprint density at radius 1 is 1.30 bits per heavy atom. The highest BCUT2D eigenvalue weighted by molar-refractivity contribution is 4.88. The normalized spacial score (nSPS) is 32.4. The molecule has 1 saturated carbocycles. The van der Waals surface area contributed by atoms with Crippen molar-refractivity contribution in [1.82, 2.24) is 0 Å². The second-order valence-corrected chi connectivity index (χ2v) is 4.70. The van der Waals surface area contributed by atoms with E-state index in [1.54, 1.807) is 0 Å². The number of rotatable bonds is 2. The van der Waals surface area contributed by atoms with Gasteiger partial charge in [0.25, 0.3) is 0 Å². The van der Waals surface area contributed by atoms with E-state index >= 15 is 0 Å². The number of hydrogen-bond donors (Lipinski definition) is 1. The van der Waals surface area contributed by atoms with Gasteiger partial charge in [0.05, 0.1) is 0 Å². The molecule has 1 fully saturated rings. The molecule has 1 rings (SSSR count). The summed E-state index contributed by atoms with van der Waals surface area (Å²) >= 11 is 0. The summed E-state index contributed by atoms with van der Waals surface area (Å²) in [6.07, 6.45) is 2.53. The second kappa shape index (κ2) is 2.54. The molecule has 0 bridgehead atoms. The van der Waals surface area contributed by atoms with Crippen molar-refractivity contribution in [2.75, 3.05) is 6.61 Å². The zero-order valence-corrected chi connectivity index (χ0v) is 7.22. The van der Waals surface area contributed by atoms with E-state index in [0.717, 1.165) is 5.92 Å². The Kier molecular flexibility index (Phi) is 2.04. The molecule has 60 valence electrons. The molecule has 0 saturated heterocycles. The smallest absolute Gasteiger partial charge is 0.0462 e. The molecular weight excluding hydrogens is 124 g/mol. The van der Waals surface area contributed by atoms with Gasteiger partial charge in [0.2, 0.25) is 0 Å². The minimum absolute atomic E-state index is 0.404. The molecule has 0 spiro atoms. The Bertz CT molecular complexity index is 112. The fraction of sp³-hybridized carbons (Fsp3) is 1.00. The van der Waals surface area contributed by atoms with Gasteiger partial charge in [-0.2, -0.15) is 0 Å². The Morgan fingerprint density at radius 2 is 1.90 bits per heavy atom. The largest absolute Gasteiger partial charge is 0.396 e. The highest BCUT2D eigenvalue weighted by atomic mass is 16.3. The van der Waals surface area contributed by atoms with Crippen LogP contribution in [0.1, 0.15) is 33.6 Å². The van der Waals surface area contributed by atoms with Crippen LogP contribution >= 0.6 is 0 Å². The first-order valence-electron chi connectivity index (χ1n) is 4.14. The maximum absolute atomic E-state index is 8.77. The van der Waals surface area contributed by atoms with Crippen molar-refractivity contribution in [2.45, 2.75) is 33.6 Å². The van der Waals surface area contributed by atoms with Gasteiger partial charge < -0.3 is 5.11 Å². The Hall–Kier alpha value is -0.0400. The average molecular weight is 142 g/mol. The van der Waals surface area contributed by atoms with Crippen molar-refractivity contribution < 1.29 is 5.11 Å². The first kappa shape index (κ1) is 8.06. The van der Waals surface area contributed by atoms with Crippen LogP contribution in [0.3, 0.4) is 0 Å². The number of aliphatic hydroxyl groups excluding tert-OH is 1. The van der Waals surface area contributed by atoms with Crippen molar-refractivity contribution in [1.29, 1.82) is 0 Å². The average Bonchev–Trinajstić information content (AvgIpc) is 2.42. The predicted octanol–water partition coefficient (Wildman–Crippen LogP) is 2.05. The molecule has 0 amide bonds. The molecule has 0 aromatic carbocycles. The third-order valence-electron chi connectivity index (χ3n) is 2.18. The molecule has 1 N–H and O–H groups in total. The Morgan fingerprint density at radius 3 is 2.20 bits per heavy atom. The summed E-state index contributed by atoms with van der Waals surface area (Å²) in [7, 11) is 0. The summed E-state index contributed by atoms with van der Waals surface area (Å²) in [6.45, 7) is 7.19. The monoisotopic (exact) mass is 142 g/mol. The van der Waals surface area contributed by atoms with E-state index in [9.17, 15) is 0 Å². The van der Waals surface area contributed by atoms with E-state index in [1.807, 2.05) is 0 Å². The highest BCUT2D eigenvalue weighted by Crippen LogP contribution is 2.45. The van der Waals surface area contributed by atoms with Gasteiger partial charge in [-0.05, 0) is 30.1 Å². The lowest BCUT2D eigenvalue weighted by Crippen LogP contribution is -2.06. The van der Waals surface area contributed by atoms with Gasteiger partial charge in [0.1, 0.15) is 0 Å². The van der Waals surface area contributed by atoms with E-state index < -0.39 is 0 Å². The van der Waals surface area contributed by atoms with Crippen LogP contribution in [-0.4, -0.2) is 11.7 Å². The van der Waals surface area contributed by atoms with Crippen LogP contribution in [0.2, 0.25) is 0 Å². The first-order chi connectivity index (χ1) is 4.53. The van der Waals surface area contributed by atoms with Gasteiger partial charge in [-0.1, -0.05) is 20.8 Å². The maximum atomic E-state index is 8.77. The minimum Gasteiger partial charge on any atom is -0.396 e. The molecule has 1 nitrogen and oxygen atoms in total. The fourth-order valence-electron chi connectivity index (χ4n) is 1.57. The summed E-state index contributed by atoms with van der Waals surface area (Å²) in [5, 5.41) is 8.77. The Labute approximate surface area is 63.4 Å². The highest BCUT2D eigenvalue weighted by Gasteiger charge is 2.38. The van der Waals surface area contributed by atoms with Gasteiger partial charge in [-0.3, -0.25) is 0 Å². The number of hydrogen-bond acceptors (Lipinski definition) is 1. The molecule has 0 heterocycles. The summed E-state index contributed by atoms with van der Waals surface area (Å²) in [6, 6.07) is 0. The summed E-state index contributed by atoms with van der Waals surface area (Å²) in [5.41, 5.74) is 0.453. The topological polar surface area (TPSA) is 20.2 Å². The minimum atomic E-state index is 0.404. The van der Waals surface area contributed by atoms with Crippen molar-refractivity contribution in [3.05, 3.63) is 0 Å². The van der Waals surface area contributed by atoms with E-state index in [4.69, 9.17) is 5.11 Å². The second-order valence-electron chi connectivity index (χ2n) is 4.70. The van der Waals surface area contributed by atoms with Crippen molar-refractivity contribution in [3.63, 3.8) is 0 Å². The summed E-state index contributed by atoms with van der Waals surface area (Å²) < 4.78 is 0. The van der Waals surface area contributed by atoms with Crippen LogP contribution < -0.4 is 0 Å². The Balaban J connectivity index is 2.18. The van der Waals surface area contributed by atoms with E-state index in [-0.39, 0.29) is 0 Å². The fourth-order valence-corrected chi connectivity index (χ4v) is 1.57. The third-order valence-corrected chi connectivity index (χ3v) is 2.18. The van der Waals surface area contributed by atoms with E-state index in [2.05, 4.69) is 20.8 Å². The van der Waals surface area contributed by atoms with Crippen LogP contribution in [-0.2, 0) is 0 Å². The molecule has 1 heteroatoms. The van der Waals surface area contributed by atoms with Gasteiger partial charge in [-0.25, -0.2) is 0 Å². The molecule has 0 radical (unpaired) electrons. The standard InChI is InChI=1S/C9H18O/c1-9(2,3)5-7-4-8(7)6-10/h7-8,10H,4-6H2,1-3H3. The molecule has 1 aliphatic rings. The van der Waals surface area contributed by atoms with E-state index in [0.29, 0.717) is 17.9 Å². The van der Waals surface area contributed by atoms with Crippen LogP contribution in [0, 0.1) is 17.3 Å². The lowest BCUT2D eigenvalue weighted by molar-refractivity contribution is 0.255. The zero-order valence-electron chi connectivity index (χ0n) is 7.22. The lowest BCUT2D eigenvalue weighted by atomic mass is 9.89. The predicted molar refractivity (Wildman–Crippen MR) is 42.8 cm³/mol. The first-order valence-corrected chi connectivity index (χ1v) is 4.14. The van der Waals surface area contributed by atoms with Crippen LogP contribution in [0.15, 0.2) is 0 Å². The SMILES string of the molecule is CC(C)(C)CC1CC1CO. The van der Waals surface area contributed by atoms with Crippen LogP contribution in [0.4, 0.5) is 0 Å². The number of aliphatic hydroxyl groups is 1. The molecule has 0 aromatic heterocycles. The molecule has 10 heavy (non-hydrogen) atoms. The molecule has 1 aliphatic carbocycles. The zero-order chi connectivity index (χ0) is 7.78. The summed E-state index contributed by atoms with van der Waals surface area (Å²) in [4.78, 5) is 0. The van der Waals surface area contributed by atoms with Crippen molar-refractivity contribution in [2.24, 2.45) is 17.3 Å². The van der Waals surface area contributed by atoms with Gasteiger partial charge in [-0.15, -0.1) is 0 Å².